The lowest BCUT2D eigenvalue weighted by molar-refractivity contribution is -0.123. The average Bonchev–Trinajstić information content (AvgIpc) is 2.74. The Morgan fingerprint density at radius 2 is 0.900 bits per heavy atom. The Hall–Kier alpha value is -1.58. The predicted molar refractivity (Wildman–Crippen MR) is 130 cm³/mol. The molecule has 4 nitrogen and oxygen atoms in total. The summed E-state index contributed by atoms with van der Waals surface area (Å²) in [4.78, 5) is 23.7. The topological polar surface area (TPSA) is 58.2 Å². The van der Waals surface area contributed by atoms with Gasteiger partial charge in [-0.05, 0) is 65.2 Å². The molecule has 0 aromatic heterocycles. The first-order chi connectivity index (χ1) is 14.7. The molecule has 0 radical (unpaired) electrons. The van der Waals surface area contributed by atoms with Crippen molar-refractivity contribution in [3.63, 3.8) is 0 Å². The summed E-state index contributed by atoms with van der Waals surface area (Å²) in [5, 5.41) is 5.99. The number of rotatable bonds is 21. The summed E-state index contributed by atoms with van der Waals surface area (Å²) in [6.07, 6.45) is 25.7. The van der Waals surface area contributed by atoms with Crippen LogP contribution in [0.1, 0.15) is 117 Å². The second-order valence-electron chi connectivity index (χ2n) is 8.16. The molecule has 0 spiro atoms. The van der Waals surface area contributed by atoms with Gasteiger partial charge in [0.05, 0.1) is 0 Å². The van der Waals surface area contributed by atoms with E-state index in [-0.39, 0.29) is 11.8 Å². The maximum absolute atomic E-state index is 11.8. The van der Waals surface area contributed by atoms with Crippen LogP contribution in [0.3, 0.4) is 0 Å². The van der Waals surface area contributed by atoms with E-state index in [4.69, 9.17) is 0 Å². The quantitative estimate of drug-likeness (QED) is 0.162. The van der Waals surface area contributed by atoms with E-state index in [0.717, 1.165) is 38.8 Å². The second kappa shape index (κ2) is 23.7. The lowest BCUT2D eigenvalue weighted by Crippen LogP contribution is -2.25. The smallest absolute Gasteiger partial charge is 0.219 e. The van der Waals surface area contributed by atoms with Gasteiger partial charge in [-0.25, -0.2) is 0 Å². The summed E-state index contributed by atoms with van der Waals surface area (Å²) in [5.41, 5.74) is 0. The van der Waals surface area contributed by atoms with Crippen LogP contribution in [0.15, 0.2) is 24.3 Å². The van der Waals surface area contributed by atoms with E-state index < -0.39 is 0 Å². The molecule has 0 aromatic rings. The molecular formula is C26H48N2O2. The first kappa shape index (κ1) is 28.4. The molecule has 0 heterocycles. The third-order valence-electron chi connectivity index (χ3n) is 5.27. The van der Waals surface area contributed by atoms with Crippen LogP contribution in [0.25, 0.3) is 0 Å². The average molecular weight is 421 g/mol. The van der Waals surface area contributed by atoms with Gasteiger partial charge in [-0.1, -0.05) is 62.8 Å². The van der Waals surface area contributed by atoms with E-state index in [0.29, 0.717) is 12.8 Å². The van der Waals surface area contributed by atoms with E-state index in [1.807, 2.05) is 0 Å². The monoisotopic (exact) mass is 420 g/mol. The molecule has 0 aliphatic rings. The Balaban J connectivity index is 3.33. The Kier molecular flexibility index (Phi) is 22.4. The van der Waals surface area contributed by atoms with Crippen LogP contribution in [-0.4, -0.2) is 24.9 Å². The Labute approximate surface area is 186 Å². The van der Waals surface area contributed by atoms with Crippen molar-refractivity contribution in [2.75, 3.05) is 13.1 Å². The fourth-order valence-electron chi connectivity index (χ4n) is 3.37. The minimum absolute atomic E-state index is 0.123. The highest BCUT2D eigenvalue weighted by molar-refractivity contribution is 5.77. The standard InChI is InChI=1S/C26H48N2O2/c1-3-5-7-9-11-13-15-19-23-27-25(29)21-17-18-22-26(30)28-24-20-16-14-12-10-8-6-4-2/h3-6H,7-24H2,1-2H3,(H,27,29)(H,28,30)/b5-3+,6-4+. The van der Waals surface area contributed by atoms with Crippen LogP contribution < -0.4 is 10.6 Å². The van der Waals surface area contributed by atoms with Gasteiger partial charge in [-0.2, -0.15) is 0 Å². The normalized spacial score (nSPS) is 11.4. The molecule has 0 aliphatic heterocycles. The van der Waals surface area contributed by atoms with Crippen molar-refractivity contribution in [3.8, 4) is 0 Å². The molecule has 30 heavy (non-hydrogen) atoms. The highest BCUT2D eigenvalue weighted by atomic mass is 16.2. The summed E-state index contributed by atoms with van der Waals surface area (Å²) < 4.78 is 0. The summed E-state index contributed by atoms with van der Waals surface area (Å²) in [6.45, 7) is 5.69. The zero-order valence-corrected chi connectivity index (χ0v) is 19.9. The van der Waals surface area contributed by atoms with Gasteiger partial charge >= 0.3 is 0 Å². The Morgan fingerprint density at radius 1 is 0.533 bits per heavy atom. The molecule has 174 valence electrons. The third kappa shape index (κ3) is 22.7. The van der Waals surface area contributed by atoms with E-state index in [1.54, 1.807) is 0 Å². The summed E-state index contributed by atoms with van der Waals surface area (Å²) in [5.74, 6) is 0.246. The minimum Gasteiger partial charge on any atom is -0.356 e. The number of hydrogen-bond donors (Lipinski definition) is 2. The van der Waals surface area contributed by atoms with Gasteiger partial charge in [0, 0.05) is 25.9 Å². The van der Waals surface area contributed by atoms with E-state index >= 15 is 0 Å². The molecule has 0 bridgehead atoms. The molecule has 0 aliphatic carbocycles. The fraction of sp³-hybridized carbons (Fsp3) is 0.769. The van der Waals surface area contributed by atoms with Crippen LogP contribution in [0, 0.1) is 0 Å². The number of unbranched alkanes of at least 4 members (excludes halogenated alkanes) is 11. The lowest BCUT2D eigenvalue weighted by atomic mass is 10.1. The maximum Gasteiger partial charge on any atom is 0.219 e. The molecule has 2 N–H and O–H groups in total. The van der Waals surface area contributed by atoms with Crippen molar-refractivity contribution in [1.82, 2.24) is 10.6 Å². The van der Waals surface area contributed by atoms with Gasteiger partial charge < -0.3 is 10.6 Å². The molecule has 0 aromatic carbocycles. The van der Waals surface area contributed by atoms with Crippen LogP contribution in [0.4, 0.5) is 0 Å². The molecule has 0 saturated carbocycles. The van der Waals surface area contributed by atoms with E-state index in [2.05, 4.69) is 48.8 Å². The fourth-order valence-corrected chi connectivity index (χ4v) is 3.37. The second-order valence-corrected chi connectivity index (χ2v) is 8.16. The van der Waals surface area contributed by atoms with Crippen LogP contribution >= 0.6 is 0 Å². The molecule has 0 saturated heterocycles. The van der Waals surface area contributed by atoms with Crippen molar-refractivity contribution in [2.45, 2.75) is 117 Å². The van der Waals surface area contributed by atoms with Crippen LogP contribution in [0.5, 0.6) is 0 Å². The number of allylic oxidation sites excluding steroid dienone is 4. The van der Waals surface area contributed by atoms with Gasteiger partial charge in [-0.15, -0.1) is 0 Å². The highest BCUT2D eigenvalue weighted by Crippen LogP contribution is 2.07. The highest BCUT2D eigenvalue weighted by Gasteiger charge is 2.04. The van der Waals surface area contributed by atoms with Gasteiger partial charge in [0.2, 0.25) is 11.8 Å². The van der Waals surface area contributed by atoms with Crippen molar-refractivity contribution < 1.29 is 9.59 Å². The van der Waals surface area contributed by atoms with Crippen molar-refractivity contribution in [3.05, 3.63) is 24.3 Å². The number of nitrogens with one attached hydrogen (secondary N) is 2. The van der Waals surface area contributed by atoms with Crippen molar-refractivity contribution in [1.29, 1.82) is 0 Å². The van der Waals surface area contributed by atoms with Crippen molar-refractivity contribution in [2.24, 2.45) is 0 Å². The van der Waals surface area contributed by atoms with E-state index in [1.165, 1.54) is 64.2 Å². The Bertz CT molecular complexity index is 416. The molecule has 0 rings (SSSR count). The molecular weight excluding hydrogens is 372 g/mol. The van der Waals surface area contributed by atoms with Gasteiger partial charge in [-0.3, -0.25) is 9.59 Å². The lowest BCUT2D eigenvalue weighted by Gasteiger charge is -2.06. The third-order valence-corrected chi connectivity index (χ3v) is 5.27. The first-order valence-electron chi connectivity index (χ1n) is 12.5. The largest absolute Gasteiger partial charge is 0.356 e. The van der Waals surface area contributed by atoms with Gasteiger partial charge in [0.1, 0.15) is 0 Å². The molecule has 4 heteroatoms. The summed E-state index contributed by atoms with van der Waals surface area (Å²) in [7, 11) is 0. The number of carbonyl (C=O) groups is 2. The number of amides is 2. The van der Waals surface area contributed by atoms with Crippen LogP contribution in [0.2, 0.25) is 0 Å². The number of hydrogen-bond acceptors (Lipinski definition) is 2. The van der Waals surface area contributed by atoms with Crippen molar-refractivity contribution >= 4 is 11.8 Å². The maximum atomic E-state index is 11.8. The van der Waals surface area contributed by atoms with Crippen LogP contribution in [-0.2, 0) is 9.59 Å². The zero-order chi connectivity index (χ0) is 22.1. The molecule has 0 atom stereocenters. The minimum atomic E-state index is 0.123. The summed E-state index contributed by atoms with van der Waals surface area (Å²) in [6, 6.07) is 0. The zero-order valence-electron chi connectivity index (χ0n) is 19.9. The Morgan fingerprint density at radius 3 is 1.30 bits per heavy atom. The number of carbonyl (C=O) groups excluding carboxylic acids is 2. The molecule has 2 amide bonds. The first-order valence-corrected chi connectivity index (χ1v) is 12.5. The molecule has 0 fully saturated rings. The van der Waals surface area contributed by atoms with E-state index in [9.17, 15) is 9.59 Å². The molecule has 0 unspecified atom stereocenters. The SMILES string of the molecule is C/C=C/CCCCCCCNC(=O)CCCCC(=O)NCCCCCCC/C=C/C. The van der Waals surface area contributed by atoms with Gasteiger partial charge in [0.15, 0.2) is 0 Å². The summed E-state index contributed by atoms with van der Waals surface area (Å²) >= 11 is 0. The van der Waals surface area contributed by atoms with Gasteiger partial charge in [0.25, 0.3) is 0 Å². The predicted octanol–water partition coefficient (Wildman–Crippen LogP) is 6.61.